The fraction of sp³-hybridized carbons (Fsp3) is 0.514. The first-order chi connectivity index (χ1) is 21.3. The van der Waals surface area contributed by atoms with Crippen LogP contribution in [0, 0.1) is 0 Å². The first-order valence-corrected chi connectivity index (χ1v) is 18.2. The van der Waals surface area contributed by atoms with Crippen molar-refractivity contribution in [3.05, 3.63) is 96.6 Å². The Labute approximate surface area is 265 Å². The second kappa shape index (κ2) is 15.3. The van der Waals surface area contributed by atoms with Crippen LogP contribution < -0.4 is 10.4 Å². The Morgan fingerprint density at radius 3 is 2.05 bits per heavy atom. The van der Waals surface area contributed by atoms with E-state index in [1.54, 1.807) is 7.11 Å². The lowest BCUT2D eigenvalue weighted by Gasteiger charge is -2.54. The Kier molecular flexibility index (Phi) is 11.5. The van der Waals surface area contributed by atoms with Crippen LogP contribution in [-0.2, 0) is 30.1 Å². The van der Waals surface area contributed by atoms with Crippen LogP contribution >= 0.6 is 0 Å². The van der Waals surface area contributed by atoms with Crippen LogP contribution in [0.5, 0.6) is 0 Å². The normalized spacial score (nSPS) is 24.6. The lowest BCUT2D eigenvalue weighted by molar-refractivity contribution is -0.313. The molecule has 2 aliphatic heterocycles. The van der Waals surface area contributed by atoms with Gasteiger partial charge in [-0.3, -0.25) is 4.84 Å². The highest BCUT2D eigenvalue weighted by Gasteiger charge is 2.55. The van der Waals surface area contributed by atoms with Crippen LogP contribution in [0.25, 0.3) is 0 Å². The van der Waals surface area contributed by atoms with Crippen molar-refractivity contribution in [2.45, 2.75) is 102 Å². The SMILES string of the molecule is COCOCCC[C@@H]1CC[C@@H]2[C@@H](OCc3ccccc3)C[C@H](O[Si](c3ccccc3)(c3ccccc3)C(C)(C)C)[C@H](C)N2O1. The molecule has 0 bridgehead atoms. The van der Waals surface area contributed by atoms with Crippen molar-refractivity contribution in [1.29, 1.82) is 0 Å². The fourth-order valence-corrected chi connectivity index (χ4v) is 11.8. The Morgan fingerprint density at radius 2 is 1.45 bits per heavy atom. The molecule has 2 heterocycles. The Morgan fingerprint density at radius 1 is 0.841 bits per heavy atom. The highest BCUT2D eigenvalue weighted by molar-refractivity contribution is 6.99. The van der Waals surface area contributed by atoms with Gasteiger partial charge in [0.25, 0.3) is 8.32 Å². The Bertz CT molecular complexity index is 1220. The van der Waals surface area contributed by atoms with Gasteiger partial charge in [0.1, 0.15) is 6.79 Å². The molecule has 0 N–H and O–H groups in total. The highest BCUT2D eigenvalue weighted by atomic mass is 28.4. The maximum absolute atomic E-state index is 7.72. The quantitative estimate of drug-likeness (QED) is 0.124. The molecule has 0 aliphatic carbocycles. The summed E-state index contributed by atoms with van der Waals surface area (Å²) >= 11 is 0. The molecule has 7 heteroatoms. The molecule has 0 spiro atoms. The Hall–Kier alpha value is -2.36. The summed E-state index contributed by atoms with van der Waals surface area (Å²) in [5.41, 5.74) is 1.19. The van der Waals surface area contributed by atoms with E-state index >= 15 is 0 Å². The van der Waals surface area contributed by atoms with Crippen molar-refractivity contribution >= 4 is 18.7 Å². The molecule has 6 nitrogen and oxygen atoms in total. The van der Waals surface area contributed by atoms with E-state index in [2.05, 4.69) is 124 Å². The molecular weight excluding hydrogens is 566 g/mol. The summed E-state index contributed by atoms with van der Waals surface area (Å²) in [6.45, 7) is 10.9. The van der Waals surface area contributed by atoms with Gasteiger partial charge in [0.05, 0.1) is 37.0 Å². The molecule has 0 unspecified atom stereocenters. The van der Waals surface area contributed by atoms with Gasteiger partial charge in [-0.1, -0.05) is 112 Å². The molecule has 3 aromatic rings. The van der Waals surface area contributed by atoms with Gasteiger partial charge < -0.3 is 18.6 Å². The molecule has 0 radical (unpaired) electrons. The molecule has 44 heavy (non-hydrogen) atoms. The third kappa shape index (κ3) is 7.53. The third-order valence-corrected chi connectivity index (χ3v) is 14.3. The van der Waals surface area contributed by atoms with Gasteiger partial charge in [-0.25, -0.2) is 0 Å². The zero-order valence-corrected chi connectivity index (χ0v) is 28.2. The van der Waals surface area contributed by atoms with E-state index in [9.17, 15) is 0 Å². The average molecular weight is 618 g/mol. The minimum absolute atomic E-state index is 0.000563. The smallest absolute Gasteiger partial charge is 0.261 e. The molecule has 0 aromatic heterocycles. The maximum atomic E-state index is 7.72. The van der Waals surface area contributed by atoms with Crippen LogP contribution in [0.4, 0.5) is 0 Å². The number of nitrogens with zero attached hydrogens (tertiary/aromatic N) is 1. The van der Waals surface area contributed by atoms with E-state index in [1.165, 1.54) is 15.9 Å². The number of benzene rings is 3. The van der Waals surface area contributed by atoms with Crippen molar-refractivity contribution < 1.29 is 23.5 Å². The topological polar surface area (TPSA) is 49.4 Å². The molecule has 0 saturated carbocycles. The number of hydrogen-bond donors (Lipinski definition) is 0. The van der Waals surface area contributed by atoms with Gasteiger partial charge in [-0.05, 0) is 53.6 Å². The minimum atomic E-state index is -2.77. The van der Waals surface area contributed by atoms with Crippen LogP contribution in [0.15, 0.2) is 91.0 Å². The zero-order chi connectivity index (χ0) is 31.0. The number of piperidine rings is 1. The van der Waals surface area contributed by atoms with Crippen molar-refractivity contribution in [3.63, 3.8) is 0 Å². The summed E-state index contributed by atoms with van der Waals surface area (Å²) in [5.74, 6) is 0. The summed E-state index contributed by atoms with van der Waals surface area (Å²) in [4.78, 5) is 6.84. The van der Waals surface area contributed by atoms with E-state index in [0.717, 1.165) is 32.1 Å². The van der Waals surface area contributed by atoms with Crippen molar-refractivity contribution in [2.75, 3.05) is 20.5 Å². The van der Waals surface area contributed by atoms with Crippen LogP contribution in [0.3, 0.4) is 0 Å². The summed E-state index contributed by atoms with van der Waals surface area (Å²) in [5, 5.41) is 4.73. The summed E-state index contributed by atoms with van der Waals surface area (Å²) in [7, 11) is -1.11. The van der Waals surface area contributed by atoms with E-state index in [0.29, 0.717) is 20.0 Å². The fourth-order valence-electron chi connectivity index (χ4n) is 7.06. The predicted molar refractivity (Wildman–Crippen MR) is 178 cm³/mol. The maximum Gasteiger partial charge on any atom is 0.261 e. The molecule has 2 aliphatic rings. The van der Waals surface area contributed by atoms with Crippen LogP contribution in [-0.4, -0.2) is 64.3 Å². The van der Waals surface area contributed by atoms with Crippen LogP contribution in [0.2, 0.25) is 5.04 Å². The third-order valence-electron chi connectivity index (χ3n) is 9.28. The minimum Gasteiger partial charge on any atom is -0.403 e. The number of hydrogen-bond acceptors (Lipinski definition) is 6. The van der Waals surface area contributed by atoms with E-state index < -0.39 is 8.32 Å². The average Bonchev–Trinajstić information content (AvgIpc) is 3.04. The number of methoxy groups -OCH3 is 1. The molecule has 2 fully saturated rings. The van der Waals surface area contributed by atoms with Crippen LogP contribution in [0.1, 0.15) is 65.4 Å². The Balaban J connectivity index is 1.45. The molecule has 0 amide bonds. The van der Waals surface area contributed by atoms with Gasteiger partial charge in [0.2, 0.25) is 0 Å². The molecule has 2 saturated heterocycles. The molecule has 5 atom stereocenters. The van der Waals surface area contributed by atoms with Crippen molar-refractivity contribution in [3.8, 4) is 0 Å². The lowest BCUT2D eigenvalue weighted by Crippen LogP contribution is -2.71. The lowest BCUT2D eigenvalue weighted by atomic mass is 9.88. The van der Waals surface area contributed by atoms with Crippen molar-refractivity contribution in [2.24, 2.45) is 0 Å². The zero-order valence-electron chi connectivity index (χ0n) is 27.2. The van der Waals surface area contributed by atoms with Gasteiger partial charge >= 0.3 is 0 Å². The summed E-state index contributed by atoms with van der Waals surface area (Å²) < 4.78 is 25.1. The largest absolute Gasteiger partial charge is 0.403 e. The predicted octanol–water partition coefficient (Wildman–Crippen LogP) is 6.47. The first kappa shape index (κ1) is 33.0. The number of hydroxylamine groups is 2. The second-order valence-corrected chi connectivity index (χ2v) is 17.6. The molecular formula is C37H51NO5Si. The monoisotopic (exact) mass is 617 g/mol. The number of fused-ring (bicyclic) bond motifs is 1. The standard InChI is InChI=1S/C37H51NO5Si/c1-29-35(43-44(37(2,3)4,32-19-11-7-12-20-32)33-21-13-8-14-22-33)26-36(41-27-30-16-9-6-10-17-30)34-24-23-31(42-38(29)34)18-15-25-40-28-39-5/h6-14,16-17,19-22,29,31,34-36H,15,18,23-28H2,1-5H3/t29-,31+,34+,35-,36-/m0/s1. The molecule has 238 valence electrons. The van der Waals surface area contributed by atoms with Gasteiger partial charge in [-0.15, -0.1) is 0 Å². The van der Waals surface area contributed by atoms with Gasteiger partial charge in [-0.2, -0.15) is 5.06 Å². The first-order valence-electron chi connectivity index (χ1n) is 16.3. The van der Waals surface area contributed by atoms with E-state index in [4.69, 9.17) is 23.5 Å². The van der Waals surface area contributed by atoms with E-state index in [1.807, 2.05) is 0 Å². The summed E-state index contributed by atoms with van der Waals surface area (Å²) in [6.07, 6.45) is 4.87. The number of ether oxygens (including phenoxy) is 3. The van der Waals surface area contributed by atoms with Gasteiger partial charge in [0.15, 0.2) is 0 Å². The highest BCUT2D eigenvalue weighted by Crippen LogP contribution is 2.42. The van der Waals surface area contributed by atoms with E-state index in [-0.39, 0.29) is 35.4 Å². The molecule has 5 rings (SSSR count). The second-order valence-electron chi connectivity index (χ2n) is 13.3. The summed E-state index contributed by atoms with van der Waals surface area (Å²) in [6, 6.07) is 32.6. The number of rotatable bonds is 13. The van der Waals surface area contributed by atoms with Gasteiger partial charge in [0, 0.05) is 20.1 Å². The molecule has 3 aromatic carbocycles. The van der Waals surface area contributed by atoms with Crippen molar-refractivity contribution in [1.82, 2.24) is 5.06 Å².